The molecule has 1 aliphatic heterocycles. The summed E-state index contributed by atoms with van der Waals surface area (Å²) in [5, 5.41) is 8.96. The number of anilines is 1. The van der Waals surface area contributed by atoms with E-state index in [4.69, 9.17) is 9.47 Å². The summed E-state index contributed by atoms with van der Waals surface area (Å²) in [6.07, 6.45) is 1.63. The second-order valence-corrected chi connectivity index (χ2v) is 6.14. The first kappa shape index (κ1) is 16.9. The van der Waals surface area contributed by atoms with Crippen LogP contribution < -0.4 is 14.4 Å². The Balaban J connectivity index is 1.91. The van der Waals surface area contributed by atoms with Crippen molar-refractivity contribution in [3.8, 4) is 17.2 Å². The number of hydrogen-bond donors (Lipinski definition) is 1. The number of methoxy groups -OCH3 is 2. The van der Waals surface area contributed by atoms with E-state index in [1.807, 2.05) is 0 Å². The van der Waals surface area contributed by atoms with Crippen LogP contribution in [0.5, 0.6) is 17.2 Å². The summed E-state index contributed by atoms with van der Waals surface area (Å²) >= 11 is 0.863. The molecule has 1 heterocycles. The molecule has 0 radical (unpaired) electrons. The fourth-order valence-electron chi connectivity index (χ4n) is 2.39. The van der Waals surface area contributed by atoms with Gasteiger partial charge >= 0.3 is 0 Å². The predicted molar refractivity (Wildman–Crippen MR) is 96.1 cm³/mol. The molecule has 128 valence electrons. The Kier molecular flexibility index (Phi) is 4.67. The van der Waals surface area contributed by atoms with E-state index in [0.29, 0.717) is 27.7 Å². The molecule has 1 N–H and O–H groups in total. The van der Waals surface area contributed by atoms with E-state index in [2.05, 4.69) is 0 Å². The Labute approximate surface area is 148 Å². The van der Waals surface area contributed by atoms with Gasteiger partial charge in [-0.25, -0.2) is 4.90 Å². The van der Waals surface area contributed by atoms with Gasteiger partial charge in [-0.15, -0.1) is 0 Å². The minimum absolute atomic E-state index is 0.0663. The lowest BCUT2D eigenvalue weighted by Crippen LogP contribution is -2.27. The van der Waals surface area contributed by atoms with Crippen molar-refractivity contribution in [1.82, 2.24) is 0 Å². The van der Waals surface area contributed by atoms with Crippen LogP contribution in [-0.4, -0.2) is 30.5 Å². The van der Waals surface area contributed by atoms with Crippen LogP contribution in [0.1, 0.15) is 5.56 Å². The molecule has 0 spiro atoms. The van der Waals surface area contributed by atoms with Crippen LogP contribution in [0.2, 0.25) is 0 Å². The van der Waals surface area contributed by atoms with Crippen molar-refractivity contribution in [3.63, 3.8) is 0 Å². The van der Waals surface area contributed by atoms with Gasteiger partial charge in [-0.3, -0.25) is 9.59 Å². The van der Waals surface area contributed by atoms with Crippen LogP contribution in [0.15, 0.2) is 47.4 Å². The highest BCUT2D eigenvalue weighted by Crippen LogP contribution is 2.37. The summed E-state index contributed by atoms with van der Waals surface area (Å²) in [5.41, 5.74) is 1.13. The number of phenols is 1. The number of imide groups is 1. The maximum atomic E-state index is 12.6. The van der Waals surface area contributed by atoms with Gasteiger partial charge in [0.25, 0.3) is 11.1 Å². The summed E-state index contributed by atoms with van der Waals surface area (Å²) < 4.78 is 10.4. The second kappa shape index (κ2) is 6.90. The summed E-state index contributed by atoms with van der Waals surface area (Å²) in [7, 11) is 3.07. The van der Waals surface area contributed by atoms with E-state index in [9.17, 15) is 14.7 Å². The fourth-order valence-corrected chi connectivity index (χ4v) is 3.23. The third kappa shape index (κ3) is 3.32. The van der Waals surface area contributed by atoms with E-state index in [-0.39, 0.29) is 11.0 Å². The average molecular weight is 357 g/mol. The Morgan fingerprint density at radius 1 is 1.00 bits per heavy atom. The van der Waals surface area contributed by atoms with Gasteiger partial charge in [-0.2, -0.15) is 0 Å². The number of phenolic OH excluding ortho intramolecular Hbond substituents is 1. The topological polar surface area (TPSA) is 76.1 Å². The zero-order chi connectivity index (χ0) is 18.0. The molecule has 1 saturated heterocycles. The van der Waals surface area contributed by atoms with Crippen LogP contribution in [0.4, 0.5) is 10.5 Å². The molecule has 2 aromatic rings. The molecule has 2 amide bonds. The number of carbonyl (C=O) groups is 2. The standard InChI is InChI=1S/C18H15NO5S/c1-23-14-8-3-11(9-15(14)24-2)10-16-17(21)19(18(22)25-16)12-4-6-13(20)7-5-12/h3-10,20H,1-2H3/b16-10+. The Morgan fingerprint density at radius 2 is 1.68 bits per heavy atom. The van der Waals surface area contributed by atoms with Crippen LogP contribution in [0.3, 0.4) is 0 Å². The lowest BCUT2D eigenvalue weighted by molar-refractivity contribution is -0.113. The molecule has 0 bridgehead atoms. The predicted octanol–water partition coefficient (Wildman–Crippen LogP) is 3.65. The fraction of sp³-hybridized carbons (Fsp3) is 0.111. The van der Waals surface area contributed by atoms with Crippen molar-refractivity contribution in [2.75, 3.05) is 19.1 Å². The number of amides is 2. The minimum Gasteiger partial charge on any atom is -0.508 e. The van der Waals surface area contributed by atoms with Gasteiger partial charge in [0.1, 0.15) is 5.75 Å². The molecule has 0 unspecified atom stereocenters. The molecule has 7 heteroatoms. The number of hydrogen-bond acceptors (Lipinski definition) is 6. The van der Waals surface area contributed by atoms with Gasteiger partial charge in [-0.05, 0) is 59.8 Å². The molecule has 6 nitrogen and oxygen atoms in total. The Bertz CT molecular complexity index is 860. The van der Waals surface area contributed by atoms with E-state index >= 15 is 0 Å². The molecular formula is C18H15NO5S. The molecular weight excluding hydrogens is 342 g/mol. The summed E-state index contributed by atoms with van der Waals surface area (Å²) in [5.74, 6) is 0.776. The minimum atomic E-state index is -0.407. The van der Waals surface area contributed by atoms with Crippen LogP contribution >= 0.6 is 11.8 Å². The number of nitrogens with zero attached hydrogens (tertiary/aromatic N) is 1. The molecule has 25 heavy (non-hydrogen) atoms. The van der Waals surface area contributed by atoms with Gasteiger partial charge in [0.05, 0.1) is 24.8 Å². The van der Waals surface area contributed by atoms with Gasteiger partial charge in [0.15, 0.2) is 11.5 Å². The zero-order valence-electron chi connectivity index (χ0n) is 13.6. The van der Waals surface area contributed by atoms with Crippen molar-refractivity contribution in [3.05, 3.63) is 52.9 Å². The van der Waals surface area contributed by atoms with Gasteiger partial charge in [0.2, 0.25) is 0 Å². The first-order chi connectivity index (χ1) is 12.0. The van der Waals surface area contributed by atoms with Crippen molar-refractivity contribution in [1.29, 1.82) is 0 Å². The molecule has 0 saturated carbocycles. The normalized spacial score (nSPS) is 15.8. The lowest BCUT2D eigenvalue weighted by atomic mass is 10.2. The summed E-state index contributed by atoms with van der Waals surface area (Å²) in [6.45, 7) is 0. The smallest absolute Gasteiger partial charge is 0.298 e. The molecule has 1 aliphatic rings. The first-order valence-corrected chi connectivity index (χ1v) is 8.14. The number of benzene rings is 2. The number of carbonyl (C=O) groups excluding carboxylic acids is 2. The maximum absolute atomic E-state index is 12.6. The molecule has 0 aromatic heterocycles. The zero-order valence-corrected chi connectivity index (χ0v) is 14.4. The molecule has 0 atom stereocenters. The van der Waals surface area contributed by atoms with Gasteiger partial charge in [-0.1, -0.05) is 6.07 Å². The third-order valence-corrected chi connectivity index (χ3v) is 4.48. The summed E-state index contributed by atoms with van der Waals surface area (Å²) in [4.78, 5) is 26.2. The summed E-state index contributed by atoms with van der Waals surface area (Å²) in [6, 6.07) is 11.1. The molecule has 2 aromatic carbocycles. The number of aromatic hydroxyl groups is 1. The van der Waals surface area contributed by atoms with Gasteiger partial charge in [0, 0.05) is 0 Å². The lowest BCUT2D eigenvalue weighted by Gasteiger charge is -2.12. The van der Waals surface area contributed by atoms with E-state index < -0.39 is 5.91 Å². The Hall–Kier alpha value is -2.93. The van der Waals surface area contributed by atoms with Gasteiger partial charge < -0.3 is 14.6 Å². The van der Waals surface area contributed by atoms with Crippen LogP contribution in [0, 0.1) is 0 Å². The second-order valence-electron chi connectivity index (χ2n) is 5.15. The van der Waals surface area contributed by atoms with E-state index in [1.54, 1.807) is 31.4 Å². The monoisotopic (exact) mass is 357 g/mol. The highest BCUT2D eigenvalue weighted by molar-refractivity contribution is 8.19. The average Bonchev–Trinajstić information content (AvgIpc) is 2.89. The largest absolute Gasteiger partial charge is 0.508 e. The molecule has 1 fully saturated rings. The molecule has 3 rings (SSSR count). The van der Waals surface area contributed by atoms with E-state index in [1.165, 1.54) is 31.4 Å². The highest BCUT2D eigenvalue weighted by atomic mass is 32.2. The quantitative estimate of drug-likeness (QED) is 0.842. The Morgan fingerprint density at radius 3 is 2.32 bits per heavy atom. The highest BCUT2D eigenvalue weighted by Gasteiger charge is 2.36. The SMILES string of the molecule is COc1ccc(/C=C2/SC(=O)N(c3ccc(O)cc3)C2=O)cc1OC. The van der Waals surface area contributed by atoms with Crippen LogP contribution in [0.25, 0.3) is 6.08 Å². The van der Waals surface area contributed by atoms with Crippen molar-refractivity contribution < 1.29 is 24.2 Å². The van der Waals surface area contributed by atoms with E-state index in [0.717, 1.165) is 16.7 Å². The maximum Gasteiger partial charge on any atom is 0.298 e. The van der Waals surface area contributed by atoms with Crippen LogP contribution in [-0.2, 0) is 4.79 Å². The first-order valence-electron chi connectivity index (χ1n) is 7.32. The number of ether oxygens (including phenoxy) is 2. The molecule has 0 aliphatic carbocycles. The van der Waals surface area contributed by atoms with Crippen molar-refractivity contribution in [2.24, 2.45) is 0 Å². The third-order valence-electron chi connectivity index (χ3n) is 3.61. The number of rotatable bonds is 4. The van der Waals surface area contributed by atoms with Crippen molar-refractivity contribution >= 4 is 34.7 Å². The van der Waals surface area contributed by atoms with Crippen molar-refractivity contribution in [2.45, 2.75) is 0 Å². The number of thioether (sulfide) groups is 1.